The van der Waals surface area contributed by atoms with Crippen molar-refractivity contribution in [1.29, 1.82) is 0 Å². The van der Waals surface area contributed by atoms with E-state index in [4.69, 9.17) is 5.11 Å². The van der Waals surface area contributed by atoms with Crippen LogP contribution in [0.15, 0.2) is 24.5 Å². The van der Waals surface area contributed by atoms with Crippen molar-refractivity contribution < 1.29 is 9.50 Å². The number of aliphatic hydroxyl groups excluding tert-OH is 1. The van der Waals surface area contributed by atoms with E-state index in [0.29, 0.717) is 0 Å². The van der Waals surface area contributed by atoms with Crippen LogP contribution in [0.25, 0.3) is 0 Å². The van der Waals surface area contributed by atoms with Gasteiger partial charge >= 0.3 is 0 Å². The summed E-state index contributed by atoms with van der Waals surface area (Å²) in [5.41, 5.74) is 0. The van der Waals surface area contributed by atoms with Crippen LogP contribution in [0, 0.1) is 0 Å². The van der Waals surface area contributed by atoms with Gasteiger partial charge in [-0.05, 0) is 6.08 Å². The molecule has 0 rings (SSSR count). The zero-order chi connectivity index (χ0) is 5.70. The van der Waals surface area contributed by atoms with Crippen LogP contribution in [0.1, 0.15) is 0 Å². The predicted molar refractivity (Wildman–Crippen MR) is 26.9 cm³/mol. The smallest absolute Gasteiger partial charge is 0.146 e. The van der Waals surface area contributed by atoms with Gasteiger partial charge in [-0.3, -0.25) is 0 Å². The topological polar surface area (TPSA) is 20.2 Å². The summed E-state index contributed by atoms with van der Waals surface area (Å²) in [5, 5.41) is 8.27. The minimum Gasteiger partial charge on any atom is -0.510 e. The van der Waals surface area contributed by atoms with Crippen molar-refractivity contribution in [2.75, 3.05) is 6.67 Å². The van der Waals surface area contributed by atoms with Crippen LogP contribution in [0.2, 0.25) is 0 Å². The maximum absolute atomic E-state index is 11.2. The van der Waals surface area contributed by atoms with Gasteiger partial charge < -0.3 is 5.11 Å². The highest BCUT2D eigenvalue weighted by molar-refractivity contribution is 5.02. The SMILES string of the molecule is C=C/C=C(/O)CF. The molecule has 7 heavy (non-hydrogen) atoms. The summed E-state index contributed by atoms with van der Waals surface area (Å²) >= 11 is 0. The number of halogens is 1. The summed E-state index contributed by atoms with van der Waals surface area (Å²) in [6, 6.07) is 0. The quantitative estimate of drug-likeness (QED) is 0.414. The van der Waals surface area contributed by atoms with Crippen molar-refractivity contribution >= 4 is 0 Å². The lowest BCUT2D eigenvalue weighted by Gasteiger charge is -1.83. The van der Waals surface area contributed by atoms with Gasteiger partial charge in [0.15, 0.2) is 0 Å². The molecule has 1 N–H and O–H groups in total. The molecule has 40 valence electrons. The molecule has 0 saturated heterocycles. The van der Waals surface area contributed by atoms with E-state index in [2.05, 4.69) is 6.58 Å². The van der Waals surface area contributed by atoms with Crippen LogP contribution in [0.3, 0.4) is 0 Å². The van der Waals surface area contributed by atoms with Crippen molar-refractivity contribution in [2.24, 2.45) is 0 Å². The van der Waals surface area contributed by atoms with Gasteiger partial charge in [0, 0.05) is 0 Å². The molecule has 0 amide bonds. The summed E-state index contributed by atoms with van der Waals surface area (Å²) < 4.78 is 11.2. The minimum atomic E-state index is -0.813. The Morgan fingerprint density at radius 3 is 2.57 bits per heavy atom. The van der Waals surface area contributed by atoms with Gasteiger partial charge in [-0.25, -0.2) is 4.39 Å². The number of aliphatic hydroxyl groups is 1. The monoisotopic (exact) mass is 102 g/mol. The average Bonchev–Trinajstić information content (AvgIpc) is 1.68. The summed E-state index contributed by atoms with van der Waals surface area (Å²) in [5.74, 6) is -0.282. The second kappa shape index (κ2) is 3.40. The number of hydrogen-bond acceptors (Lipinski definition) is 1. The van der Waals surface area contributed by atoms with Crippen LogP contribution >= 0.6 is 0 Å². The van der Waals surface area contributed by atoms with Gasteiger partial charge in [0.25, 0.3) is 0 Å². The first-order valence-corrected chi connectivity index (χ1v) is 1.87. The van der Waals surface area contributed by atoms with Crippen LogP contribution in [0.4, 0.5) is 4.39 Å². The molecule has 0 unspecified atom stereocenters. The van der Waals surface area contributed by atoms with Crippen LogP contribution in [0.5, 0.6) is 0 Å². The van der Waals surface area contributed by atoms with Crippen LogP contribution < -0.4 is 0 Å². The Morgan fingerprint density at radius 1 is 1.86 bits per heavy atom. The highest BCUT2D eigenvalue weighted by atomic mass is 19.1. The van der Waals surface area contributed by atoms with Crippen molar-refractivity contribution in [3.05, 3.63) is 24.5 Å². The lowest BCUT2D eigenvalue weighted by atomic mass is 10.5. The Hall–Kier alpha value is -0.790. The molecule has 0 aromatic carbocycles. The first-order chi connectivity index (χ1) is 3.31. The number of hydrogen-bond donors (Lipinski definition) is 1. The molecule has 0 radical (unpaired) electrons. The summed E-state index contributed by atoms with van der Waals surface area (Å²) in [4.78, 5) is 0. The molecular weight excluding hydrogens is 95.1 g/mol. The molecule has 0 atom stereocenters. The standard InChI is InChI=1S/C5H7FO/c1-2-3-5(7)4-6/h2-3,7H,1,4H2/b5-3+. The van der Waals surface area contributed by atoms with E-state index in [-0.39, 0.29) is 5.76 Å². The Kier molecular flexibility index (Phi) is 3.02. The van der Waals surface area contributed by atoms with Crippen molar-refractivity contribution in [3.63, 3.8) is 0 Å². The van der Waals surface area contributed by atoms with Crippen LogP contribution in [-0.4, -0.2) is 11.8 Å². The van der Waals surface area contributed by atoms with E-state index >= 15 is 0 Å². The van der Waals surface area contributed by atoms with E-state index in [9.17, 15) is 4.39 Å². The van der Waals surface area contributed by atoms with Crippen molar-refractivity contribution in [1.82, 2.24) is 0 Å². The average molecular weight is 102 g/mol. The second-order valence-corrected chi connectivity index (χ2v) is 1.03. The lowest BCUT2D eigenvalue weighted by molar-refractivity contribution is 0.344. The second-order valence-electron chi connectivity index (χ2n) is 1.03. The fourth-order valence-electron chi connectivity index (χ4n) is 0.181. The Morgan fingerprint density at radius 2 is 2.43 bits per heavy atom. The number of allylic oxidation sites excluding steroid dienone is 3. The van der Waals surface area contributed by atoms with Gasteiger partial charge in [0.1, 0.15) is 12.4 Å². The molecule has 0 aliphatic carbocycles. The van der Waals surface area contributed by atoms with Gasteiger partial charge in [-0.2, -0.15) is 0 Å². The van der Waals surface area contributed by atoms with E-state index < -0.39 is 6.67 Å². The fraction of sp³-hybridized carbons (Fsp3) is 0.200. The van der Waals surface area contributed by atoms with Crippen molar-refractivity contribution in [2.45, 2.75) is 0 Å². The molecule has 2 heteroatoms. The minimum absolute atomic E-state index is 0.282. The van der Waals surface area contributed by atoms with E-state index in [1.165, 1.54) is 12.2 Å². The molecule has 0 fully saturated rings. The maximum atomic E-state index is 11.2. The molecule has 0 aliphatic rings. The summed E-state index contributed by atoms with van der Waals surface area (Å²) in [6.07, 6.45) is 2.54. The maximum Gasteiger partial charge on any atom is 0.146 e. The lowest BCUT2D eigenvalue weighted by Crippen LogP contribution is -1.78. The molecule has 0 aromatic heterocycles. The van der Waals surface area contributed by atoms with Gasteiger partial charge in [0.05, 0.1) is 0 Å². The van der Waals surface area contributed by atoms with Crippen molar-refractivity contribution in [3.8, 4) is 0 Å². The molecule has 0 aliphatic heterocycles. The van der Waals surface area contributed by atoms with Gasteiger partial charge in [0.2, 0.25) is 0 Å². The zero-order valence-electron chi connectivity index (χ0n) is 3.89. The fourth-order valence-corrected chi connectivity index (χ4v) is 0.181. The molecule has 0 aromatic rings. The summed E-state index contributed by atoms with van der Waals surface area (Å²) in [6.45, 7) is 2.43. The van der Waals surface area contributed by atoms with Gasteiger partial charge in [-0.1, -0.05) is 12.7 Å². The predicted octanol–water partition coefficient (Wildman–Crippen LogP) is 1.58. The first-order valence-electron chi connectivity index (χ1n) is 1.87. The van der Waals surface area contributed by atoms with E-state index in [1.54, 1.807) is 0 Å². The molecule has 0 saturated carbocycles. The normalized spacial score (nSPS) is 11.3. The molecule has 0 heterocycles. The zero-order valence-corrected chi connectivity index (χ0v) is 3.89. The van der Waals surface area contributed by atoms with Gasteiger partial charge in [-0.15, -0.1) is 0 Å². The molecule has 1 nitrogen and oxygen atoms in total. The Bertz CT molecular complexity index is 86.1. The molecule has 0 bridgehead atoms. The Labute approximate surface area is 41.8 Å². The third-order valence-electron chi connectivity index (χ3n) is 0.447. The largest absolute Gasteiger partial charge is 0.510 e. The Balaban J connectivity index is 3.49. The molecule has 0 spiro atoms. The molecular formula is C5H7FO. The highest BCUT2D eigenvalue weighted by Crippen LogP contribution is 1.86. The highest BCUT2D eigenvalue weighted by Gasteiger charge is 1.82. The van der Waals surface area contributed by atoms with Crippen LogP contribution in [-0.2, 0) is 0 Å². The first kappa shape index (κ1) is 6.21. The summed E-state index contributed by atoms with van der Waals surface area (Å²) in [7, 11) is 0. The van der Waals surface area contributed by atoms with E-state index in [0.717, 1.165) is 0 Å². The van der Waals surface area contributed by atoms with E-state index in [1.807, 2.05) is 0 Å². The third-order valence-corrected chi connectivity index (χ3v) is 0.447. The number of rotatable bonds is 2. The number of alkyl halides is 1. The third kappa shape index (κ3) is 3.03.